The van der Waals surface area contributed by atoms with Gasteiger partial charge >= 0.3 is 0 Å². The Morgan fingerprint density at radius 3 is 2.56 bits per heavy atom. The molecule has 0 aliphatic carbocycles. The molecule has 1 aliphatic rings. The number of rotatable bonds is 3. The zero-order valence-corrected chi connectivity index (χ0v) is 14.7. The second kappa shape index (κ2) is 6.53. The van der Waals surface area contributed by atoms with Gasteiger partial charge in [-0.05, 0) is 36.4 Å². The molecule has 4 nitrogen and oxygen atoms in total. The number of nitrogens with zero attached hydrogens (tertiary/aromatic N) is 2. The van der Waals surface area contributed by atoms with Crippen LogP contribution in [0.2, 0.25) is 0 Å². The van der Waals surface area contributed by atoms with Gasteiger partial charge in [-0.1, -0.05) is 52.3 Å². The zero-order chi connectivity index (χ0) is 17.2. The quantitative estimate of drug-likeness (QED) is 0.596. The SMILES string of the molecule is O=C1/C(=C\c2ccco2)C(c2ccccc2)=NN1c1cccc(Br)c1. The van der Waals surface area contributed by atoms with E-state index in [1.165, 1.54) is 5.01 Å². The highest BCUT2D eigenvalue weighted by molar-refractivity contribution is 9.10. The molecule has 0 saturated carbocycles. The second-order valence-electron chi connectivity index (χ2n) is 5.48. The monoisotopic (exact) mass is 392 g/mol. The van der Waals surface area contributed by atoms with Gasteiger partial charge in [-0.2, -0.15) is 10.1 Å². The first-order valence-corrected chi connectivity index (χ1v) is 8.51. The van der Waals surface area contributed by atoms with Gasteiger partial charge in [0.15, 0.2) is 0 Å². The van der Waals surface area contributed by atoms with Gasteiger partial charge < -0.3 is 4.42 Å². The van der Waals surface area contributed by atoms with Crippen molar-refractivity contribution in [3.63, 3.8) is 0 Å². The van der Waals surface area contributed by atoms with Gasteiger partial charge in [0, 0.05) is 10.0 Å². The summed E-state index contributed by atoms with van der Waals surface area (Å²) < 4.78 is 6.27. The van der Waals surface area contributed by atoms with E-state index in [0.29, 0.717) is 22.7 Å². The minimum absolute atomic E-state index is 0.187. The summed E-state index contributed by atoms with van der Waals surface area (Å²) in [6.07, 6.45) is 3.31. The second-order valence-corrected chi connectivity index (χ2v) is 6.40. The molecular weight excluding hydrogens is 380 g/mol. The molecule has 1 aliphatic heterocycles. The predicted molar refractivity (Wildman–Crippen MR) is 101 cm³/mol. The van der Waals surface area contributed by atoms with Crippen LogP contribution in [0.15, 0.2) is 92.6 Å². The molecule has 0 unspecified atom stereocenters. The number of furan rings is 1. The van der Waals surface area contributed by atoms with E-state index in [9.17, 15) is 4.79 Å². The summed E-state index contributed by atoms with van der Waals surface area (Å²) in [5, 5.41) is 6.00. The highest BCUT2D eigenvalue weighted by Crippen LogP contribution is 2.29. The Kier molecular flexibility index (Phi) is 4.07. The fraction of sp³-hybridized carbons (Fsp3) is 0. The summed E-state index contributed by atoms with van der Waals surface area (Å²) in [5.41, 5.74) is 2.71. The van der Waals surface area contributed by atoms with Crippen LogP contribution in [0.25, 0.3) is 6.08 Å². The van der Waals surface area contributed by atoms with Crippen molar-refractivity contribution < 1.29 is 9.21 Å². The summed E-state index contributed by atoms with van der Waals surface area (Å²) in [6.45, 7) is 0. The number of hydrogen-bond donors (Lipinski definition) is 0. The number of hydrogen-bond acceptors (Lipinski definition) is 3. The molecule has 122 valence electrons. The topological polar surface area (TPSA) is 45.8 Å². The maximum atomic E-state index is 13.0. The van der Waals surface area contributed by atoms with Crippen LogP contribution >= 0.6 is 15.9 Å². The lowest BCUT2D eigenvalue weighted by Gasteiger charge is -2.11. The number of anilines is 1. The molecule has 1 aromatic heterocycles. The highest BCUT2D eigenvalue weighted by atomic mass is 79.9. The summed E-state index contributed by atoms with van der Waals surface area (Å²) >= 11 is 3.44. The lowest BCUT2D eigenvalue weighted by molar-refractivity contribution is -0.114. The first-order valence-electron chi connectivity index (χ1n) is 7.72. The smallest absolute Gasteiger partial charge is 0.281 e. The first kappa shape index (κ1) is 15.6. The van der Waals surface area contributed by atoms with Crippen LogP contribution in [0.4, 0.5) is 5.69 Å². The van der Waals surface area contributed by atoms with Crippen molar-refractivity contribution in [1.29, 1.82) is 0 Å². The average molecular weight is 393 g/mol. The highest BCUT2D eigenvalue weighted by Gasteiger charge is 2.32. The minimum atomic E-state index is -0.187. The number of benzene rings is 2. The zero-order valence-electron chi connectivity index (χ0n) is 13.1. The van der Waals surface area contributed by atoms with Crippen LogP contribution in [-0.4, -0.2) is 11.6 Å². The number of amides is 1. The molecule has 0 spiro atoms. The van der Waals surface area contributed by atoms with Crippen molar-refractivity contribution in [2.75, 3.05) is 5.01 Å². The van der Waals surface area contributed by atoms with Crippen molar-refractivity contribution in [2.24, 2.45) is 5.10 Å². The fourth-order valence-electron chi connectivity index (χ4n) is 2.65. The van der Waals surface area contributed by atoms with E-state index in [2.05, 4.69) is 21.0 Å². The Labute approximate surface area is 153 Å². The number of carbonyl (C=O) groups is 1. The molecule has 0 N–H and O–H groups in total. The lowest BCUT2D eigenvalue weighted by atomic mass is 10.0. The third-order valence-corrected chi connectivity index (χ3v) is 4.30. The van der Waals surface area contributed by atoms with Crippen molar-refractivity contribution in [3.05, 3.63) is 94.4 Å². The lowest BCUT2D eigenvalue weighted by Crippen LogP contribution is -2.21. The van der Waals surface area contributed by atoms with Crippen LogP contribution in [0.3, 0.4) is 0 Å². The minimum Gasteiger partial charge on any atom is -0.465 e. The molecule has 25 heavy (non-hydrogen) atoms. The first-order chi connectivity index (χ1) is 12.2. The van der Waals surface area contributed by atoms with E-state index in [1.54, 1.807) is 18.4 Å². The van der Waals surface area contributed by atoms with Gasteiger partial charge in [0.05, 0.1) is 17.5 Å². The average Bonchev–Trinajstić information content (AvgIpc) is 3.25. The standard InChI is InChI=1S/C20H13BrN2O2/c21-15-8-4-9-16(12-15)23-20(24)18(13-17-10-5-11-25-17)19(22-23)14-6-2-1-3-7-14/h1-13H/b18-13-. The van der Waals surface area contributed by atoms with Gasteiger partial charge in [0.1, 0.15) is 11.5 Å². The van der Waals surface area contributed by atoms with E-state index in [0.717, 1.165) is 10.0 Å². The van der Waals surface area contributed by atoms with Gasteiger partial charge in [0.2, 0.25) is 0 Å². The predicted octanol–water partition coefficient (Wildman–Crippen LogP) is 4.88. The van der Waals surface area contributed by atoms with E-state index < -0.39 is 0 Å². The third-order valence-electron chi connectivity index (χ3n) is 3.81. The summed E-state index contributed by atoms with van der Waals surface area (Å²) in [5.74, 6) is 0.427. The molecule has 3 aromatic rings. The Morgan fingerprint density at radius 2 is 1.84 bits per heavy atom. The summed E-state index contributed by atoms with van der Waals surface area (Å²) in [6, 6.07) is 20.8. The van der Waals surface area contributed by atoms with Crippen LogP contribution in [0, 0.1) is 0 Å². The molecule has 2 aromatic carbocycles. The summed E-state index contributed by atoms with van der Waals surface area (Å²) in [7, 11) is 0. The van der Waals surface area contributed by atoms with Crippen LogP contribution < -0.4 is 5.01 Å². The normalized spacial score (nSPS) is 15.7. The van der Waals surface area contributed by atoms with Gasteiger partial charge in [-0.3, -0.25) is 4.79 Å². The Bertz CT molecular complexity index is 976. The van der Waals surface area contributed by atoms with Gasteiger partial charge in [-0.15, -0.1) is 0 Å². The summed E-state index contributed by atoms with van der Waals surface area (Å²) in [4.78, 5) is 13.0. The molecule has 2 heterocycles. The molecule has 0 fully saturated rings. The van der Waals surface area contributed by atoms with E-state index in [1.807, 2.05) is 60.7 Å². The Hall–Kier alpha value is -2.92. The molecule has 0 saturated heterocycles. The van der Waals surface area contributed by atoms with Crippen LogP contribution in [-0.2, 0) is 4.79 Å². The molecule has 0 atom stereocenters. The third kappa shape index (κ3) is 3.06. The molecule has 1 amide bonds. The number of halogens is 1. The van der Waals surface area contributed by atoms with Crippen LogP contribution in [0.5, 0.6) is 0 Å². The van der Waals surface area contributed by atoms with Crippen LogP contribution in [0.1, 0.15) is 11.3 Å². The number of carbonyl (C=O) groups excluding carboxylic acids is 1. The molecule has 0 radical (unpaired) electrons. The number of hydrazone groups is 1. The molecule has 0 bridgehead atoms. The molecular formula is C20H13BrN2O2. The fourth-order valence-corrected chi connectivity index (χ4v) is 3.04. The van der Waals surface area contributed by atoms with Crippen molar-refractivity contribution >= 4 is 39.3 Å². The molecule has 4 rings (SSSR count). The van der Waals surface area contributed by atoms with Crippen molar-refractivity contribution in [2.45, 2.75) is 0 Å². The Morgan fingerprint density at radius 1 is 1.00 bits per heavy atom. The van der Waals surface area contributed by atoms with E-state index in [-0.39, 0.29) is 5.91 Å². The largest absolute Gasteiger partial charge is 0.465 e. The van der Waals surface area contributed by atoms with E-state index in [4.69, 9.17) is 4.42 Å². The Balaban J connectivity index is 1.84. The van der Waals surface area contributed by atoms with Gasteiger partial charge in [-0.25, -0.2) is 0 Å². The maximum absolute atomic E-state index is 13.0. The van der Waals surface area contributed by atoms with Crippen molar-refractivity contribution in [1.82, 2.24) is 0 Å². The van der Waals surface area contributed by atoms with Crippen molar-refractivity contribution in [3.8, 4) is 0 Å². The van der Waals surface area contributed by atoms with E-state index >= 15 is 0 Å². The maximum Gasteiger partial charge on any atom is 0.281 e. The molecule has 5 heteroatoms. The van der Waals surface area contributed by atoms with Gasteiger partial charge in [0.25, 0.3) is 5.91 Å².